The molecule has 6 heteroatoms. The minimum absolute atomic E-state index is 0.0541. The Morgan fingerprint density at radius 1 is 1.35 bits per heavy atom. The molecule has 0 radical (unpaired) electrons. The van der Waals surface area contributed by atoms with Gasteiger partial charge in [0, 0.05) is 19.7 Å². The van der Waals surface area contributed by atoms with Gasteiger partial charge in [0.2, 0.25) is 5.91 Å². The summed E-state index contributed by atoms with van der Waals surface area (Å²) in [5, 5.41) is 14.3. The van der Waals surface area contributed by atoms with E-state index < -0.39 is 5.97 Å². The molecule has 17 heavy (non-hydrogen) atoms. The van der Waals surface area contributed by atoms with Gasteiger partial charge in [0.05, 0.1) is 19.6 Å². The number of carbonyl (C=O) groups excluding carboxylic acids is 1. The van der Waals surface area contributed by atoms with Crippen LogP contribution in [0.5, 0.6) is 0 Å². The van der Waals surface area contributed by atoms with Crippen molar-refractivity contribution in [3.05, 3.63) is 0 Å². The predicted molar refractivity (Wildman–Crippen MR) is 63.8 cm³/mol. The van der Waals surface area contributed by atoms with Gasteiger partial charge in [0.25, 0.3) is 0 Å². The van der Waals surface area contributed by atoms with E-state index >= 15 is 0 Å². The molecule has 0 rings (SSSR count). The van der Waals surface area contributed by atoms with Gasteiger partial charge in [-0.05, 0) is 5.92 Å². The number of hydrogen-bond acceptors (Lipinski definition) is 4. The van der Waals surface area contributed by atoms with Gasteiger partial charge in [0.1, 0.15) is 0 Å². The van der Waals surface area contributed by atoms with Gasteiger partial charge in [-0.2, -0.15) is 0 Å². The van der Waals surface area contributed by atoms with Crippen molar-refractivity contribution in [2.75, 3.05) is 26.8 Å². The summed E-state index contributed by atoms with van der Waals surface area (Å²) < 4.78 is 4.82. The van der Waals surface area contributed by atoms with E-state index in [1.165, 1.54) is 0 Å². The summed E-state index contributed by atoms with van der Waals surface area (Å²) in [6.07, 6.45) is -0.0541. The van der Waals surface area contributed by atoms with Crippen LogP contribution in [0.25, 0.3) is 0 Å². The fourth-order valence-corrected chi connectivity index (χ4v) is 1.28. The Morgan fingerprint density at radius 3 is 2.47 bits per heavy atom. The molecule has 0 saturated carbocycles. The second-order valence-electron chi connectivity index (χ2n) is 4.19. The molecule has 100 valence electrons. The monoisotopic (exact) mass is 246 g/mol. The molecule has 0 aromatic rings. The lowest BCUT2D eigenvalue weighted by atomic mass is 10.0. The summed E-state index contributed by atoms with van der Waals surface area (Å²) in [5.41, 5.74) is 0. The summed E-state index contributed by atoms with van der Waals surface area (Å²) in [4.78, 5) is 22.1. The number of hydrogen-bond donors (Lipinski definition) is 3. The Balaban J connectivity index is 3.91. The van der Waals surface area contributed by atoms with Crippen molar-refractivity contribution in [3.63, 3.8) is 0 Å². The number of amides is 1. The molecule has 0 bridgehead atoms. The van der Waals surface area contributed by atoms with Crippen molar-refractivity contribution >= 4 is 11.9 Å². The first-order valence-corrected chi connectivity index (χ1v) is 5.68. The van der Waals surface area contributed by atoms with Crippen molar-refractivity contribution < 1.29 is 19.4 Å². The molecular weight excluding hydrogens is 224 g/mol. The predicted octanol–water partition coefficient (Wildman–Crippen LogP) is -0.162. The molecule has 0 aliphatic carbocycles. The molecule has 1 atom stereocenters. The van der Waals surface area contributed by atoms with Gasteiger partial charge in [-0.15, -0.1) is 0 Å². The number of rotatable bonds is 9. The highest BCUT2D eigenvalue weighted by molar-refractivity contribution is 5.79. The van der Waals surface area contributed by atoms with Gasteiger partial charge in [-0.3, -0.25) is 9.59 Å². The third kappa shape index (κ3) is 8.65. The van der Waals surface area contributed by atoms with Crippen LogP contribution in [-0.2, 0) is 14.3 Å². The zero-order valence-electron chi connectivity index (χ0n) is 10.7. The Kier molecular flexibility index (Phi) is 8.35. The van der Waals surface area contributed by atoms with E-state index in [1.54, 1.807) is 7.11 Å². The number of carboxylic acids is 1. The summed E-state index contributed by atoms with van der Waals surface area (Å²) >= 11 is 0. The second kappa shape index (κ2) is 8.95. The van der Waals surface area contributed by atoms with Crippen molar-refractivity contribution in [2.24, 2.45) is 5.92 Å². The molecule has 0 aromatic carbocycles. The maximum Gasteiger partial charge on any atom is 0.305 e. The van der Waals surface area contributed by atoms with E-state index in [2.05, 4.69) is 10.6 Å². The number of ether oxygens (including phenoxy) is 1. The van der Waals surface area contributed by atoms with Crippen molar-refractivity contribution in [2.45, 2.75) is 26.3 Å². The molecule has 0 aliphatic heterocycles. The lowest BCUT2D eigenvalue weighted by Gasteiger charge is -2.20. The SMILES string of the molecule is COCCNCC(=O)NC(CC(=O)O)C(C)C. The number of carboxylic acid groups (broad SMARTS) is 1. The third-order valence-electron chi connectivity index (χ3n) is 2.31. The first-order valence-electron chi connectivity index (χ1n) is 5.68. The lowest BCUT2D eigenvalue weighted by Crippen LogP contribution is -2.44. The highest BCUT2D eigenvalue weighted by Gasteiger charge is 2.18. The third-order valence-corrected chi connectivity index (χ3v) is 2.31. The lowest BCUT2D eigenvalue weighted by molar-refractivity contribution is -0.138. The van der Waals surface area contributed by atoms with Gasteiger partial charge in [-0.25, -0.2) is 0 Å². The van der Waals surface area contributed by atoms with Crippen LogP contribution in [0, 0.1) is 5.92 Å². The summed E-state index contributed by atoms with van der Waals surface area (Å²) in [5.74, 6) is -1.01. The van der Waals surface area contributed by atoms with E-state index in [0.717, 1.165) is 0 Å². The molecule has 0 fully saturated rings. The normalized spacial score (nSPS) is 12.5. The molecule has 3 N–H and O–H groups in total. The summed E-state index contributed by atoms with van der Waals surface area (Å²) in [6.45, 7) is 5.07. The van der Waals surface area contributed by atoms with Crippen LogP contribution in [0.2, 0.25) is 0 Å². The van der Waals surface area contributed by atoms with E-state index in [0.29, 0.717) is 13.2 Å². The molecule has 0 aliphatic rings. The first-order chi connectivity index (χ1) is 7.97. The van der Waals surface area contributed by atoms with Crippen LogP contribution >= 0.6 is 0 Å². The largest absolute Gasteiger partial charge is 0.481 e. The number of methoxy groups -OCH3 is 1. The average molecular weight is 246 g/mol. The Morgan fingerprint density at radius 2 is 2.00 bits per heavy atom. The van der Waals surface area contributed by atoms with Gasteiger partial charge in [0.15, 0.2) is 0 Å². The van der Waals surface area contributed by atoms with Crippen molar-refractivity contribution in [1.82, 2.24) is 10.6 Å². The Bertz CT molecular complexity index is 244. The van der Waals surface area contributed by atoms with Crippen LogP contribution in [0.1, 0.15) is 20.3 Å². The fourth-order valence-electron chi connectivity index (χ4n) is 1.28. The Hall–Kier alpha value is -1.14. The molecule has 0 saturated heterocycles. The van der Waals surface area contributed by atoms with Crippen molar-refractivity contribution in [1.29, 1.82) is 0 Å². The topological polar surface area (TPSA) is 87.7 Å². The van der Waals surface area contributed by atoms with Crippen LogP contribution < -0.4 is 10.6 Å². The van der Waals surface area contributed by atoms with Crippen LogP contribution in [0.15, 0.2) is 0 Å². The first kappa shape index (κ1) is 15.9. The second-order valence-corrected chi connectivity index (χ2v) is 4.19. The minimum atomic E-state index is -0.906. The number of nitrogens with one attached hydrogen (secondary N) is 2. The van der Waals surface area contributed by atoms with E-state index in [1.807, 2.05) is 13.8 Å². The highest BCUT2D eigenvalue weighted by atomic mass is 16.5. The molecular formula is C11H22N2O4. The quantitative estimate of drug-likeness (QED) is 0.492. The molecule has 6 nitrogen and oxygen atoms in total. The van der Waals surface area contributed by atoms with Gasteiger partial charge < -0.3 is 20.5 Å². The molecule has 0 spiro atoms. The Labute approximate surface area is 102 Å². The maximum atomic E-state index is 11.5. The minimum Gasteiger partial charge on any atom is -0.481 e. The van der Waals surface area contributed by atoms with Gasteiger partial charge >= 0.3 is 5.97 Å². The molecule has 1 unspecified atom stereocenters. The van der Waals surface area contributed by atoms with Crippen LogP contribution in [0.3, 0.4) is 0 Å². The maximum absolute atomic E-state index is 11.5. The summed E-state index contributed by atoms with van der Waals surface area (Å²) in [7, 11) is 1.59. The van der Waals surface area contributed by atoms with Crippen LogP contribution in [0.4, 0.5) is 0 Å². The van der Waals surface area contributed by atoms with Gasteiger partial charge in [-0.1, -0.05) is 13.8 Å². The smallest absolute Gasteiger partial charge is 0.305 e. The number of carbonyl (C=O) groups is 2. The van der Waals surface area contributed by atoms with E-state index in [9.17, 15) is 9.59 Å². The van der Waals surface area contributed by atoms with E-state index in [4.69, 9.17) is 9.84 Å². The summed E-state index contributed by atoms with van der Waals surface area (Å²) in [6, 6.07) is -0.329. The molecule has 0 aromatic heterocycles. The molecule has 0 heterocycles. The van der Waals surface area contributed by atoms with Crippen molar-refractivity contribution in [3.8, 4) is 0 Å². The standard InChI is InChI=1S/C11H22N2O4/c1-8(2)9(6-11(15)16)13-10(14)7-12-4-5-17-3/h8-9,12H,4-7H2,1-3H3,(H,13,14)(H,15,16). The van der Waals surface area contributed by atoms with Crippen LogP contribution in [-0.4, -0.2) is 49.8 Å². The zero-order chi connectivity index (χ0) is 13.3. The van der Waals surface area contributed by atoms with E-state index in [-0.39, 0.29) is 30.8 Å². The number of aliphatic carboxylic acids is 1. The average Bonchev–Trinajstić information content (AvgIpc) is 2.22. The zero-order valence-corrected chi connectivity index (χ0v) is 10.7. The highest BCUT2D eigenvalue weighted by Crippen LogP contribution is 2.05. The fraction of sp³-hybridized carbons (Fsp3) is 0.818. The molecule has 1 amide bonds.